The van der Waals surface area contributed by atoms with Crippen LogP contribution in [0.4, 0.5) is 0 Å². The summed E-state index contributed by atoms with van der Waals surface area (Å²) < 4.78 is 0. The van der Waals surface area contributed by atoms with Crippen LogP contribution in [0.5, 0.6) is 0 Å². The highest BCUT2D eigenvalue weighted by atomic mass is 16.3. The van der Waals surface area contributed by atoms with Gasteiger partial charge in [0.2, 0.25) is 0 Å². The van der Waals surface area contributed by atoms with Gasteiger partial charge in [0.05, 0.1) is 5.60 Å². The van der Waals surface area contributed by atoms with E-state index < -0.39 is 5.60 Å². The second-order valence-corrected chi connectivity index (χ2v) is 11.9. The number of aliphatic hydroxyl groups is 2. The fraction of sp³-hybridized carbons (Fsp3) is 0.889. The molecule has 7 atom stereocenters. The number of allylic oxidation sites excluding steroid dienone is 1. The number of unbranched alkanes of at least 4 members (excludes halogenated alkanes) is 4. The van der Waals surface area contributed by atoms with Gasteiger partial charge in [0.25, 0.3) is 0 Å². The number of carbonyl (C=O) groups is 1. The second kappa shape index (κ2) is 8.35. The summed E-state index contributed by atoms with van der Waals surface area (Å²) in [5.74, 6) is 3.01. The quantitative estimate of drug-likeness (QED) is 0.514. The third-order valence-corrected chi connectivity index (χ3v) is 10.4. The zero-order valence-corrected chi connectivity index (χ0v) is 19.6. The van der Waals surface area contributed by atoms with Crippen LogP contribution < -0.4 is 0 Å². The van der Waals surface area contributed by atoms with Gasteiger partial charge in [-0.3, -0.25) is 4.79 Å². The molecule has 0 unspecified atom stereocenters. The van der Waals surface area contributed by atoms with Gasteiger partial charge < -0.3 is 10.2 Å². The number of carbonyl (C=O) groups excluding carboxylic acids is 1. The minimum Gasteiger partial charge on any atom is -0.396 e. The van der Waals surface area contributed by atoms with E-state index in [4.69, 9.17) is 5.11 Å². The molecular weight excluding hydrogens is 372 g/mol. The topological polar surface area (TPSA) is 57.5 Å². The van der Waals surface area contributed by atoms with Gasteiger partial charge in [-0.15, -0.1) is 0 Å². The van der Waals surface area contributed by atoms with Gasteiger partial charge >= 0.3 is 0 Å². The SMILES string of the molecule is C[C@]12CCC(=O)C=C1C[C@@H](CCCCCCCO)[C@@H]1[C@@H]2CC[C@@]2(C)[C@H]1CC[C@]2(C)O. The van der Waals surface area contributed by atoms with Crippen LogP contribution in [0.15, 0.2) is 11.6 Å². The molecule has 0 bridgehead atoms. The van der Waals surface area contributed by atoms with Crippen molar-refractivity contribution < 1.29 is 15.0 Å². The summed E-state index contributed by atoms with van der Waals surface area (Å²) in [4.78, 5) is 12.3. The maximum Gasteiger partial charge on any atom is 0.155 e. The first kappa shape index (κ1) is 22.5. The van der Waals surface area contributed by atoms with Crippen LogP contribution in [0.25, 0.3) is 0 Å². The number of hydrogen-bond donors (Lipinski definition) is 2. The monoisotopic (exact) mass is 416 g/mol. The van der Waals surface area contributed by atoms with Gasteiger partial charge in [-0.05, 0) is 98.9 Å². The maximum absolute atomic E-state index is 12.3. The van der Waals surface area contributed by atoms with E-state index >= 15 is 0 Å². The Morgan fingerprint density at radius 2 is 1.67 bits per heavy atom. The van der Waals surface area contributed by atoms with E-state index in [9.17, 15) is 9.90 Å². The molecular formula is C27H44O3. The molecule has 0 aromatic rings. The minimum atomic E-state index is -0.531. The van der Waals surface area contributed by atoms with E-state index in [1.165, 1.54) is 44.1 Å². The van der Waals surface area contributed by atoms with Crippen molar-refractivity contribution in [1.82, 2.24) is 0 Å². The van der Waals surface area contributed by atoms with Crippen molar-refractivity contribution in [3.63, 3.8) is 0 Å². The molecule has 0 heterocycles. The lowest BCUT2D eigenvalue weighted by Crippen LogP contribution is -2.56. The molecule has 0 aromatic carbocycles. The molecule has 2 N–H and O–H groups in total. The zero-order chi connectivity index (χ0) is 21.6. The Bertz CT molecular complexity index is 680. The molecule has 3 nitrogen and oxygen atoms in total. The van der Waals surface area contributed by atoms with Crippen LogP contribution in [0.3, 0.4) is 0 Å². The average molecular weight is 417 g/mol. The number of aliphatic hydroxyl groups excluding tert-OH is 1. The van der Waals surface area contributed by atoms with Crippen LogP contribution in [0.2, 0.25) is 0 Å². The molecule has 0 aromatic heterocycles. The van der Waals surface area contributed by atoms with Gasteiger partial charge in [0.15, 0.2) is 5.78 Å². The predicted octanol–water partition coefficient (Wildman–Crippen LogP) is 5.83. The molecule has 3 fully saturated rings. The maximum atomic E-state index is 12.3. The van der Waals surface area contributed by atoms with Crippen molar-refractivity contribution in [1.29, 1.82) is 0 Å². The summed E-state index contributed by atoms with van der Waals surface area (Å²) in [5, 5.41) is 20.3. The molecule has 0 saturated heterocycles. The average Bonchev–Trinajstić information content (AvgIpc) is 2.95. The normalized spacial score (nSPS) is 45.5. The van der Waals surface area contributed by atoms with Crippen molar-refractivity contribution in [2.45, 2.75) is 110 Å². The van der Waals surface area contributed by atoms with Gasteiger partial charge in [-0.25, -0.2) is 0 Å². The van der Waals surface area contributed by atoms with Crippen LogP contribution >= 0.6 is 0 Å². The van der Waals surface area contributed by atoms with Crippen LogP contribution in [-0.4, -0.2) is 28.2 Å². The van der Waals surface area contributed by atoms with E-state index in [1.54, 1.807) is 0 Å². The summed E-state index contributed by atoms with van der Waals surface area (Å²) in [7, 11) is 0. The van der Waals surface area contributed by atoms with Gasteiger partial charge in [-0.2, -0.15) is 0 Å². The lowest BCUT2D eigenvalue weighted by molar-refractivity contribution is -0.135. The Morgan fingerprint density at radius 3 is 2.43 bits per heavy atom. The Labute approximate surface area is 183 Å². The molecule has 0 spiro atoms. The van der Waals surface area contributed by atoms with E-state index in [0.29, 0.717) is 36.1 Å². The highest BCUT2D eigenvalue weighted by molar-refractivity contribution is 5.91. The Morgan fingerprint density at radius 1 is 0.967 bits per heavy atom. The zero-order valence-electron chi connectivity index (χ0n) is 19.6. The largest absolute Gasteiger partial charge is 0.396 e. The molecule has 4 aliphatic rings. The molecule has 4 rings (SSSR count). The highest BCUT2D eigenvalue weighted by Crippen LogP contribution is 2.69. The molecule has 30 heavy (non-hydrogen) atoms. The van der Waals surface area contributed by atoms with Gasteiger partial charge in [0.1, 0.15) is 0 Å². The van der Waals surface area contributed by atoms with Crippen LogP contribution in [0.1, 0.15) is 104 Å². The third kappa shape index (κ3) is 3.62. The molecule has 0 radical (unpaired) electrons. The standard InChI is InChI=1S/C27H44O3/c1-25-13-10-21(29)18-20(25)17-19(9-7-5-4-6-8-16-28)24-22(25)11-14-26(2)23(24)12-15-27(26,3)30/h18-19,22-24,28,30H,4-17H2,1-3H3/t19-,22+,23+,24-,25+,26+,27+/m1/s1. The van der Waals surface area contributed by atoms with Gasteiger partial charge in [0, 0.05) is 13.0 Å². The van der Waals surface area contributed by atoms with Crippen molar-refractivity contribution >= 4 is 5.78 Å². The summed E-state index contributed by atoms with van der Waals surface area (Å²) >= 11 is 0. The highest BCUT2D eigenvalue weighted by Gasteiger charge is 2.64. The fourth-order valence-corrected chi connectivity index (χ4v) is 8.29. The van der Waals surface area contributed by atoms with Crippen molar-refractivity contribution in [2.75, 3.05) is 6.61 Å². The third-order valence-electron chi connectivity index (χ3n) is 10.4. The summed E-state index contributed by atoms with van der Waals surface area (Å²) in [6, 6.07) is 0. The fourth-order valence-electron chi connectivity index (χ4n) is 8.29. The van der Waals surface area contributed by atoms with E-state index in [2.05, 4.69) is 20.8 Å². The molecule has 0 aliphatic heterocycles. The summed E-state index contributed by atoms with van der Waals surface area (Å²) in [6.07, 6.45) is 16.4. The Hall–Kier alpha value is -0.670. The van der Waals surface area contributed by atoms with E-state index in [1.807, 2.05) is 6.08 Å². The second-order valence-electron chi connectivity index (χ2n) is 11.9. The molecule has 170 valence electrons. The number of ketones is 1. The Balaban J connectivity index is 1.57. The predicted molar refractivity (Wildman–Crippen MR) is 121 cm³/mol. The Kier molecular flexibility index (Phi) is 6.27. The lowest BCUT2D eigenvalue weighted by Gasteiger charge is -2.61. The van der Waals surface area contributed by atoms with Crippen molar-refractivity contribution in [3.8, 4) is 0 Å². The lowest BCUT2D eigenvalue weighted by atomic mass is 9.44. The van der Waals surface area contributed by atoms with Gasteiger partial charge in [-0.1, -0.05) is 45.1 Å². The molecule has 4 aliphatic carbocycles. The minimum absolute atomic E-state index is 0.0512. The first-order chi connectivity index (χ1) is 14.2. The van der Waals surface area contributed by atoms with E-state index in [-0.39, 0.29) is 10.8 Å². The smallest absolute Gasteiger partial charge is 0.155 e. The van der Waals surface area contributed by atoms with Crippen LogP contribution in [0, 0.1) is 34.5 Å². The first-order valence-corrected chi connectivity index (χ1v) is 12.8. The number of fused-ring (bicyclic) bond motifs is 5. The number of hydrogen-bond acceptors (Lipinski definition) is 3. The summed E-state index contributed by atoms with van der Waals surface area (Å²) in [5.41, 5.74) is 1.18. The number of rotatable bonds is 7. The molecule has 3 saturated carbocycles. The first-order valence-electron chi connectivity index (χ1n) is 12.8. The van der Waals surface area contributed by atoms with Crippen LogP contribution in [-0.2, 0) is 4.79 Å². The van der Waals surface area contributed by atoms with Crippen molar-refractivity contribution in [3.05, 3.63) is 11.6 Å². The van der Waals surface area contributed by atoms with Crippen molar-refractivity contribution in [2.24, 2.45) is 34.5 Å². The van der Waals surface area contributed by atoms with E-state index in [0.717, 1.165) is 44.9 Å². The molecule has 3 heteroatoms. The molecule has 0 amide bonds. The summed E-state index contributed by atoms with van der Waals surface area (Å²) in [6.45, 7) is 7.25.